The number of carbonyl (C=O) groups excluding carboxylic acids is 1. The molecule has 2 N–H and O–H groups in total. The molecule has 0 aromatic carbocycles. The zero-order chi connectivity index (χ0) is 15.7. The molecule has 116 valence electrons. The average molecular weight is 320 g/mol. The number of carbonyl (C=O) groups is 1. The number of amides is 1. The number of nitrogens with one attached hydrogen (secondary N) is 2. The highest BCUT2D eigenvalue weighted by Gasteiger charge is 2.28. The van der Waals surface area contributed by atoms with Gasteiger partial charge >= 0.3 is 5.69 Å². The van der Waals surface area contributed by atoms with E-state index in [1.807, 2.05) is 13.1 Å². The van der Waals surface area contributed by atoms with Gasteiger partial charge in [0.25, 0.3) is 11.5 Å². The van der Waals surface area contributed by atoms with Crippen molar-refractivity contribution >= 4 is 17.2 Å². The summed E-state index contributed by atoms with van der Waals surface area (Å²) in [6.07, 6.45) is 4.88. The lowest BCUT2D eigenvalue weighted by Gasteiger charge is -2.31. The second-order valence-corrected chi connectivity index (χ2v) is 6.65. The fraction of sp³-hybridized carbons (Fsp3) is 0.429. The van der Waals surface area contributed by atoms with Crippen molar-refractivity contribution < 1.29 is 4.79 Å². The van der Waals surface area contributed by atoms with Gasteiger partial charge in [0, 0.05) is 36.3 Å². The first kappa shape index (κ1) is 14.7. The van der Waals surface area contributed by atoms with Gasteiger partial charge in [-0.2, -0.15) is 0 Å². The number of H-pyrrole nitrogens is 2. The first-order valence-corrected chi connectivity index (χ1v) is 7.90. The molecule has 3 heterocycles. The number of aromatic amines is 2. The van der Waals surface area contributed by atoms with Crippen molar-refractivity contribution in [2.45, 2.75) is 25.7 Å². The third-order valence-corrected chi connectivity index (χ3v) is 4.82. The number of likely N-dealkylation sites (tertiary alicyclic amines) is 1. The molecule has 8 heteroatoms. The first-order valence-electron chi connectivity index (χ1n) is 7.08. The minimum atomic E-state index is -0.652. The van der Waals surface area contributed by atoms with Crippen LogP contribution in [0, 0.1) is 6.92 Å². The van der Waals surface area contributed by atoms with Crippen LogP contribution in [-0.4, -0.2) is 38.8 Å². The van der Waals surface area contributed by atoms with Crippen LogP contribution in [0.4, 0.5) is 0 Å². The lowest BCUT2D eigenvalue weighted by Crippen LogP contribution is -2.42. The molecule has 1 aliphatic rings. The Hall–Kier alpha value is -2.22. The number of hydrogen-bond acceptors (Lipinski definition) is 5. The maximum atomic E-state index is 12.5. The fourth-order valence-corrected chi connectivity index (χ4v) is 3.56. The normalized spacial score (nSPS) is 18.4. The molecule has 2 aromatic heterocycles. The van der Waals surface area contributed by atoms with Gasteiger partial charge in [0.1, 0.15) is 5.56 Å². The predicted octanol–water partition coefficient (Wildman–Crippen LogP) is 0.848. The molecule has 0 spiro atoms. The quantitative estimate of drug-likeness (QED) is 0.857. The van der Waals surface area contributed by atoms with E-state index in [1.165, 1.54) is 6.20 Å². The molecular formula is C14H16N4O3S. The molecule has 1 atom stereocenters. The van der Waals surface area contributed by atoms with Crippen molar-refractivity contribution in [3.8, 4) is 0 Å². The number of rotatable bonds is 2. The van der Waals surface area contributed by atoms with Gasteiger partial charge in [0.05, 0.1) is 5.01 Å². The number of hydrogen-bond donors (Lipinski definition) is 2. The topological polar surface area (TPSA) is 98.9 Å². The molecule has 0 unspecified atom stereocenters. The molecule has 0 radical (unpaired) electrons. The summed E-state index contributed by atoms with van der Waals surface area (Å²) in [4.78, 5) is 46.9. The fourth-order valence-electron chi connectivity index (χ4n) is 2.66. The highest BCUT2D eigenvalue weighted by molar-refractivity contribution is 7.11. The minimum Gasteiger partial charge on any atom is -0.338 e. The Morgan fingerprint density at radius 2 is 2.27 bits per heavy atom. The highest BCUT2D eigenvalue weighted by Crippen LogP contribution is 2.30. The van der Waals surface area contributed by atoms with Crippen LogP contribution in [0.5, 0.6) is 0 Å². The molecule has 1 amide bonds. The Morgan fingerprint density at radius 1 is 1.45 bits per heavy atom. The average Bonchev–Trinajstić information content (AvgIpc) is 2.93. The van der Waals surface area contributed by atoms with Crippen LogP contribution < -0.4 is 11.2 Å². The molecular weight excluding hydrogens is 304 g/mol. The van der Waals surface area contributed by atoms with E-state index in [0.717, 1.165) is 22.7 Å². The van der Waals surface area contributed by atoms with Crippen molar-refractivity contribution in [3.63, 3.8) is 0 Å². The molecule has 1 aliphatic heterocycles. The minimum absolute atomic E-state index is 0.0319. The second kappa shape index (κ2) is 5.88. The molecule has 1 saturated heterocycles. The standard InChI is InChI=1S/C14H16N4O3S/c1-8-5-15-12(22-8)9-3-2-4-18(7-9)13(20)10-6-16-14(21)17-11(10)19/h5-6,9H,2-4,7H2,1H3,(H2,16,17,19,21)/t9-/m0/s1. The number of nitrogens with zero attached hydrogens (tertiary/aromatic N) is 2. The lowest BCUT2D eigenvalue weighted by atomic mass is 9.98. The van der Waals surface area contributed by atoms with E-state index in [9.17, 15) is 14.4 Å². The van der Waals surface area contributed by atoms with Crippen LogP contribution >= 0.6 is 11.3 Å². The zero-order valence-corrected chi connectivity index (χ0v) is 12.9. The monoisotopic (exact) mass is 320 g/mol. The maximum absolute atomic E-state index is 12.5. The van der Waals surface area contributed by atoms with Crippen molar-refractivity contribution in [3.05, 3.63) is 48.7 Å². The van der Waals surface area contributed by atoms with Crippen LogP contribution in [0.25, 0.3) is 0 Å². The smallest absolute Gasteiger partial charge is 0.325 e. The summed E-state index contributed by atoms with van der Waals surface area (Å²) < 4.78 is 0. The molecule has 2 aromatic rings. The Bertz CT molecular complexity index is 807. The molecule has 0 aliphatic carbocycles. The lowest BCUT2D eigenvalue weighted by molar-refractivity contribution is 0.0704. The summed E-state index contributed by atoms with van der Waals surface area (Å²) in [6.45, 7) is 3.16. The van der Waals surface area contributed by atoms with Gasteiger partial charge < -0.3 is 9.88 Å². The van der Waals surface area contributed by atoms with E-state index in [0.29, 0.717) is 13.1 Å². The van der Waals surface area contributed by atoms with Crippen molar-refractivity contribution in [2.75, 3.05) is 13.1 Å². The maximum Gasteiger partial charge on any atom is 0.325 e. The summed E-state index contributed by atoms with van der Waals surface area (Å²) in [5.41, 5.74) is -1.30. The van der Waals surface area contributed by atoms with Crippen molar-refractivity contribution in [2.24, 2.45) is 0 Å². The van der Waals surface area contributed by atoms with E-state index in [1.54, 1.807) is 16.2 Å². The van der Waals surface area contributed by atoms with Crippen LogP contribution in [-0.2, 0) is 0 Å². The Balaban J connectivity index is 1.81. The number of thiazole rings is 1. The van der Waals surface area contributed by atoms with Crippen molar-refractivity contribution in [1.82, 2.24) is 19.9 Å². The third-order valence-electron chi connectivity index (χ3n) is 3.75. The molecule has 0 saturated carbocycles. The Morgan fingerprint density at radius 3 is 2.95 bits per heavy atom. The molecule has 7 nitrogen and oxygen atoms in total. The predicted molar refractivity (Wildman–Crippen MR) is 82.4 cm³/mol. The largest absolute Gasteiger partial charge is 0.338 e. The van der Waals surface area contributed by atoms with E-state index in [4.69, 9.17) is 0 Å². The summed E-state index contributed by atoms with van der Waals surface area (Å²) in [5.74, 6) is -0.145. The molecule has 0 bridgehead atoms. The van der Waals surface area contributed by atoms with Gasteiger partial charge in [0.2, 0.25) is 0 Å². The van der Waals surface area contributed by atoms with E-state index >= 15 is 0 Å². The summed E-state index contributed by atoms with van der Waals surface area (Å²) in [7, 11) is 0. The summed E-state index contributed by atoms with van der Waals surface area (Å²) >= 11 is 1.64. The van der Waals surface area contributed by atoms with Crippen LogP contribution in [0.15, 0.2) is 22.0 Å². The number of piperidine rings is 1. The summed E-state index contributed by atoms with van der Waals surface area (Å²) in [5, 5.41) is 1.03. The van der Waals surface area contributed by atoms with Gasteiger partial charge in [-0.05, 0) is 19.8 Å². The van der Waals surface area contributed by atoms with Gasteiger partial charge in [-0.25, -0.2) is 9.78 Å². The van der Waals surface area contributed by atoms with Crippen molar-refractivity contribution in [1.29, 1.82) is 0 Å². The Kier molecular flexibility index (Phi) is 3.93. The number of aromatic nitrogens is 3. The molecule has 22 heavy (non-hydrogen) atoms. The summed E-state index contributed by atoms with van der Waals surface area (Å²) in [6, 6.07) is 0. The zero-order valence-electron chi connectivity index (χ0n) is 12.1. The second-order valence-electron chi connectivity index (χ2n) is 5.39. The highest BCUT2D eigenvalue weighted by atomic mass is 32.1. The van der Waals surface area contributed by atoms with Gasteiger partial charge in [0.15, 0.2) is 0 Å². The van der Waals surface area contributed by atoms with E-state index < -0.39 is 11.2 Å². The SMILES string of the molecule is Cc1cnc([C@H]2CCCN(C(=O)c3c[nH]c(=O)[nH]c3=O)C2)s1. The van der Waals surface area contributed by atoms with Crippen LogP contribution in [0.2, 0.25) is 0 Å². The van der Waals surface area contributed by atoms with Crippen LogP contribution in [0.3, 0.4) is 0 Å². The number of aryl methyl sites for hydroxylation is 1. The van der Waals surface area contributed by atoms with E-state index in [-0.39, 0.29) is 17.4 Å². The first-order chi connectivity index (χ1) is 10.5. The third kappa shape index (κ3) is 2.87. The van der Waals surface area contributed by atoms with Gasteiger partial charge in [-0.3, -0.25) is 14.6 Å². The molecule has 1 fully saturated rings. The molecule has 3 rings (SSSR count). The van der Waals surface area contributed by atoms with Gasteiger partial charge in [-0.15, -0.1) is 11.3 Å². The van der Waals surface area contributed by atoms with Gasteiger partial charge in [-0.1, -0.05) is 0 Å². The van der Waals surface area contributed by atoms with E-state index in [2.05, 4.69) is 15.0 Å². The Labute approximate surface area is 130 Å². The van der Waals surface area contributed by atoms with Crippen LogP contribution in [0.1, 0.15) is 39.0 Å².